The number of likely N-dealkylation sites (tertiary alicyclic amines) is 2. The van der Waals surface area contributed by atoms with Crippen LogP contribution >= 0.6 is 11.3 Å². The van der Waals surface area contributed by atoms with Gasteiger partial charge in [0.15, 0.2) is 10.7 Å². The predicted molar refractivity (Wildman–Crippen MR) is 113 cm³/mol. The molecule has 3 aromatic rings. The molecule has 1 unspecified atom stereocenters. The maximum atomic E-state index is 13.5. The molecule has 0 spiro atoms. The third kappa shape index (κ3) is 3.65. The molecule has 0 saturated carbocycles. The van der Waals surface area contributed by atoms with Gasteiger partial charge >= 0.3 is 0 Å². The van der Waals surface area contributed by atoms with E-state index in [9.17, 15) is 4.79 Å². The lowest BCUT2D eigenvalue weighted by Gasteiger charge is -2.26. The number of hydrogen-bond donors (Lipinski definition) is 0. The lowest BCUT2D eigenvalue weighted by molar-refractivity contribution is 0.0734. The molecule has 30 heavy (non-hydrogen) atoms. The van der Waals surface area contributed by atoms with Crippen LogP contribution in [0.5, 0.6) is 0 Å². The first-order chi connectivity index (χ1) is 14.7. The third-order valence-electron chi connectivity index (χ3n) is 6.43. The van der Waals surface area contributed by atoms with E-state index in [1.54, 1.807) is 11.3 Å². The molecule has 5 heterocycles. The third-order valence-corrected chi connectivity index (χ3v) is 7.18. The molecule has 9 heteroatoms. The van der Waals surface area contributed by atoms with Gasteiger partial charge in [0.25, 0.3) is 5.91 Å². The van der Waals surface area contributed by atoms with Gasteiger partial charge in [-0.2, -0.15) is 0 Å². The van der Waals surface area contributed by atoms with E-state index >= 15 is 0 Å². The maximum absolute atomic E-state index is 13.5. The van der Waals surface area contributed by atoms with Crippen LogP contribution < -0.4 is 0 Å². The van der Waals surface area contributed by atoms with E-state index in [1.807, 2.05) is 23.4 Å². The second-order valence-electron chi connectivity index (χ2n) is 8.39. The number of aromatic nitrogens is 4. The number of nitrogens with zero attached hydrogens (tertiary/aromatic N) is 6. The number of imidazole rings is 1. The van der Waals surface area contributed by atoms with E-state index in [1.165, 1.54) is 19.3 Å². The second-order valence-corrected chi connectivity index (χ2v) is 9.26. The number of thiazole rings is 1. The SMILES string of the molecule is Cc1nonc1C1CCCN1Cc1c(C(=O)N2CCCCCCC2)nc2sccn12. The van der Waals surface area contributed by atoms with Crippen LogP contribution in [-0.2, 0) is 6.54 Å². The smallest absolute Gasteiger partial charge is 0.274 e. The average Bonchev–Trinajstić information content (AvgIpc) is 3.47. The molecule has 0 aliphatic carbocycles. The van der Waals surface area contributed by atoms with Crippen LogP contribution in [0.25, 0.3) is 4.96 Å². The zero-order valence-electron chi connectivity index (χ0n) is 17.4. The van der Waals surface area contributed by atoms with Crippen molar-refractivity contribution in [2.75, 3.05) is 19.6 Å². The Morgan fingerprint density at radius 3 is 2.70 bits per heavy atom. The zero-order chi connectivity index (χ0) is 20.5. The maximum Gasteiger partial charge on any atom is 0.274 e. The van der Waals surface area contributed by atoms with Crippen LogP contribution in [0.2, 0.25) is 0 Å². The van der Waals surface area contributed by atoms with Crippen LogP contribution in [0.1, 0.15) is 78.6 Å². The minimum Gasteiger partial charge on any atom is -0.337 e. The van der Waals surface area contributed by atoms with E-state index in [-0.39, 0.29) is 11.9 Å². The van der Waals surface area contributed by atoms with Crippen molar-refractivity contribution in [3.8, 4) is 0 Å². The highest BCUT2D eigenvalue weighted by molar-refractivity contribution is 7.15. The summed E-state index contributed by atoms with van der Waals surface area (Å²) in [5, 5.41) is 10.2. The van der Waals surface area contributed by atoms with Crippen molar-refractivity contribution in [3.63, 3.8) is 0 Å². The van der Waals surface area contributed by atoms with Crippen molar-refractivity contribution < 1.29 is 9.42 Å². The molecular formula is C21H28N6O2S. The topological polar surface area (TPSA) is 79.8 Å². The Bertz CT molecular complexity index is 1020. The summed E-state index contributed by atoms with van der Waals surface area (Å²) in [4.78, 5) is 23.5. The van der Waals surface area contributed by atoms with Gasteiger partial charge in [-0.25, -0.2) is 9.61 Å². The molecule has 5 rings (SSSR count). The average molecular weight is 429 g/mol. The number of fused-ring (bicyclic) bond motifs is 1. The minimum atomic E-state index is 0.0813. The number of hydrogen-bond acceptors (Lipinski definition) is 7. The summed E-state index contributed by atoms with van der Waals surface area (Å²) < 4.78 is 7.05. The van der Waals surface area contributed by atoms with Gasteiger partial charge in [0.2, 0.25) is 0 Å². The fraction of sp³-hybridized carbons (Fsp3) is 0.619. The molecule has 2 aliphatic heterocycles. The van der Waals surface area contributed by atoms with Crippen molar-refractivity contribution in [1.82, 2.24) is 29.5 Å². The number of carbonyl (C=O) groups excluding carboxylic acids is 1. The van der Waals surface area contributed by atoms with Crippen LogP contribution in [0, 0.1) is 6.92 Å². The van der Waals surface area contributed by atoms with E-state index in [0.717, 1.165) is 67.4 Å². The number of aryl methyl sites for hydroxylation is 1. The van der Waals surface area contributed by atoms with Crippen LogP contribution in [0.4, 0.5) is 0 Å². The highest BCUT2D eigenvalue weighted by atomic mass is 32.1. The highest BCUT2D eigenvalue weighted by Crippen LogP contribution is 2.34. The van der Waals surface area contributed by atoms with Gasteiger partial charge in [0.05, 0.1) is 11.7 Å². The van der Waals surface area contributed by atoms with E-state index in [2.05, 4.69) is 19.6 Å². The Morgan fingerprint density at radius 1 is 1.13 bits per heavy atom. The highest BCUT2D eigenvalue weighted by Gasteiger charge is 2.33. The molecule has 0 bridgehead atoms. The largest absolute Gasteiger partial charge is 0.337 e. The van der Waals surface area contributed by atoms with Gasteiger partial charge in [-0.15, -0.1) is 11.3 Å². The Morgan fingerprint density at radius 2 is 1.93 bits per heavy atom. The summed E-state index contributed by atoms with van der Waals surface area (Å²) in [6.45, 7) is 5.24. The Balaban J connectivity index is 1.44. The molecule has 2 saturated heterocycles. The fourth-order valence-electron chi connectivity index (χ4n) is 4.81. The number of carbonyl (C=O) groups is 1. The first-order valence-corrected chi connectivity index (χ1v) is 11.9. The molecule has 8 nitrogen and oxygen atoms in total. The summed E-state index contributed by atoms with van der Waals surface area (Å²) in [6.07, 6.45) is 9.99. The Kier molecular flexibility index (Phi) is 5.56. The molecule has 2 aliphatic rings. The van der Waals surface area contributed by atoms with Gasteiger partial charge in [0, 0.05) is 31.2 Å². The van der Waals surface area contributed by atoms with Crippen molar-refractivity contribution in [1.29, 1.82) is 0 Å². The molecule has 160 valence electrons. The first-order valence-electron chi connectivity index (χ1n) is 11.0. The molecule has 1 amide bonds. The standard InChI is InChI=1S/C21H28N6O2S/c1-15-18(24-29-23-15)16-8-7-11-26(16)14-17-19(22-21-27(17)12-13-30-21)20(28)25-9-5-3-2-4-6-10-25/h12-13,16H,2-11,14H2,1H3. The molecule has 0 N–H and O–H groups in total. The molecule has 2 fully saturated rings. The van der Waals surface area contributed by atoms with Crippen LogP contribution in [0.3, 0.4) is 0 Å². The van der Waals surface area contributed by atoms with Crippen molar-refractivity contribution in [3.05, 3.63) is 34.4 Å². The van der Waals surface area contributed by atoms with Crippen molar-refractivity contribution in [2.45, 2.75) is 64.5 Å². The summed E-state index contributed by atoms with van der Waals surface area (Å²) in [7, 11) is 0. The summed E-state index contributed by atoms with van der Waals surface area (Å²) >= 11 is 1.58. The van der Waals surface area contributed by atoms with Crippen LogP contribution in [-0.4, -0.2) is 55.0 Å². The summed E-state index contributed by atoms with van der Waals surface area (Å²) in [6, 6.07) is 0.171. The zero-order valence-corrected chi connectivity index (χ0v) is 18.2. The normalized spacial score (nSPS) is 21.2. The summed E-state index contributed by atoms with van der Waals surface area (Å²) in [5.41, 5.74) is 3.36. The van der Waals surface area contributed by atoms with Gasteiger partial charge in [-0.05, 0) is 39.2 Å². The van der Waals surface area contributed by atoms with E-state index < -0.39 is 0 Å². The van der Waals surface area contributed by atoms with E-state index in [0.29, 0.717) is 12.2 Å². The van der Waals surface area contributed by atoms with E-state index in [4.69, 9.17) is 9.61 Å². The summed E-state index contributed by atoms with van der Waals surface area (Å²) in [5.74, 6) is 0.0813. The molecule has 1 atom stereocenters. The molecule has 3 aromatic heterocycles. The fourth-order valence-corrected chi connectivity index (χ4v) is 5.55. The van der Waals surface area contributed by atoms with Crippen molar-refractivity contribution >= 4 is 22.2 Å². The van der Waals surface area contributed by atoms with Gasteiger partial charge < -0.3 is 4.90 Å². The molecule has 0 radical (unpaired) electrons. The minimum absolute atomic E-state index is 0.0813. The van der Waals surface area contributed by atoms with Crippen molar-refractivity contribution in [2.24, 2.45) is 0 Å². The number of rotatable bonds is 4. The number of amides is 1. The molecule has 0 aromatic carbocycles. The lowest BCUT2D eigenvalue weighted by atomic mass is 10.1. The van der Waals surface area contributed by atoms with Crippen LogP contribution in [0.15, 0.2) is 16.2 Å². The Labute approximate surface area is 179 Å². The monoisotopic (exact) mass is 428 g/mol. The predicted octanol–water partition coefficient (Wildman–Crippen LogP) is 3.83. The second kappa shape index (κ2) is 8.47. The quantitative estimate of drug-likeness (QED) is 0.628. The molecular weight excluding hydrogens is 400 g/mol. The lowest BCUT2D eigenvalue weighted by Crippen LogP contribution is -2.35. The Hall–Kier alpha value is -2.26. The van der Waals surface area contributed by atoms with Gasteiger partial charge in [-0.1, -0.05) is 29.6 Å². The van der Waals surface area contributed by atoms with Gasteiger partial charge in [-0.3, -0.25) is 14.1 Å². The van der Waals surface area contributed by atoms with Gasteiger partial charge in [0.1, 0.15) is 11.4 Å². The first kappa shape index (κ1) is 19.7.